The predicted molar refractivity (Wildman–Crippen MR) is 163 cm³/mol. The molecule has 5 aliphatic rings. The Bertz CT molecular complexity index is 1390. The summed E-state index contributed by atoms with van der Waals surface area (Å²) in [4.78, 5) is 0. The quantitative estimate of drug-likeness (QED) is 0.334. The van der Waals surface area contributed by atoms with E-state index in [-0.39, 0.29) is 27.1 Å². The van der Waals surface area contributed by atoms with Crippen molar-refractivity contribution in [2.45, 2.75) is 117 Å². The molecule has 0 aliphatic heterocycles. The van der Waals surface area contributed by atoms with Crippen LogP contribution >= 0.6 is 0 Å². The number of allylic oxidation sites excluding steroid dienone is 2. The van der Waals surface area contributed by atoms with Crippen molar-refractivity contribution >= 4 is 11.6 Å². The van der Waals surface area contributed by atoms with Gasteiger partial charge >= 0.3 is 0 Å². The summed E-state index contributed by atoms with van der Waals surface area (Å²) in [7, 11) is 2.00. The molecular formula is C34H52N6. The first-order valence-electron chi connectivity index (χ1n) is 15.9. The van der Waals surface area contributed by atoms with Crippen LogP contribution in [0, 0.1) is 39.4 Å². The maximum atomic E-state index is 6.53. The number of fused-ring (bicyclic) bond motifs is 8. The normalized spacial score (nSPS) is 43.0. The summed E-state index contributed by atoms with van der Waals surface area (Å²) in [5.74, 6) is 3.35. The molecule has 6 heteroatoms. The zero-order chi connectivity index (χ0) is 28.7. The summed E-state index contributed by atoms with van der Waals surface area (Å²) < 4.78 is 1.89. The molecule has 0 amide bonds. The molecule has 0 radical (unpaired) electrons. The lowest BCUT2D eigenvalue weighted by Crippen LogP contribution is -2.64. The molecule has 3 saturated carbocycles. The van der Waals surface area contributed by atoms with Crippen molar-refractivity contribution in [3.8, 4) is 0 Å². The van der Waals surface area contributed by atoms with Gasteiger partial charge < -0.3 is 11.5 Å². The van der Waals surface area contributed by atoms with E-state index in [1.54, 1.807) is 5.57 Å². The molecule has 2 aromatic heterocycles. The smallest absolute Gasteiger partial charge is 0.122 e. The lowest BCUT2D eigenvalue weighted by atomic mass is 9.33. The summed E-state index contributed by atoms with van der Waals surface area (Å²) in [5.41, 5.74) is 19.6. The summed E-state index contributed by atoms with van der Waals surface area (Å²) in [6.45, 7) is 17.8. The Hall–Kier alpha value is -2.24. The molecule has 5 aliphatic carbocycles. The van der Waals surface area contributed by atoms with Crippen LogP contribution in [0.1, 0.15) is 117 Å². The molecule has 1 unspecified atom stereocenters. The number of aryl methyl sites for hydroxylation is 1. The van der Waals surface area contributed by atoms with E-state index in [4.69, 9.17) is 21.7 Å². The van der Waals surface area contributed by atoms with Crippen LogP contribution in [0.2, 0.25) is 0 Å². The van der Waals surface area contributed by atoms with E-state index in [9.17, 15) is 0 Å². The molecule has 0 bridgehead atoms. The van der Waals surface area contributed by atoms with Gasteiger partial charge in [-0.15, -0.1) is 0 Å². The zero-order valence-electron chi connectivity index (χ0n) is 26.2. The molecule has 2 heterocycles. The van der Waals surface area contributed by atoms with Crippen LogP contribution in [0.3, 0.4) is 0 Å². The molecule has 7 rings (SSSR count). The van der Waals surface area contributed by atoms with Crippen molar-refractivity contribution in [1.29, 1.82) is 0 Å². The average Bonchev–Trinajstić information content (AvgIpc) is 3.41. The van der Waals surface area contributed by atoms with Crippen LogP contribution in [0.25, 0.3) is 0 Å². The van der Waals surface area contributed by atoms with Crippen molar-refractivity contribution < 1.29 is 0 Å². The number of hydrogen-bond acceptors (Lipinski definition) is 4. The summed E-state index contributed by atoms with van der Waals surface area (Å²) in [6, 6.07) is 2.20. The van der Waals surface area contributed by atoms with Crippen LogP contribution in [0.4, 0.5) is 11.6 Å². The van der Waals surface area contributed by atoms with E-state index in [1.165, 1.54) is 68.3 Å². The largest absolute Gasteiger partial charge is 0.384 e. The highest BCUT2D eigenvalue weighted by molar-refractivity contribution is 5.49. The van der Waals surface area contributed by atoms with Gasteiger partial charge in [-0.1, -0.05) is 60.1 Å². The minimum absolute atomic E-state index is 0.0245. The fourth-order valence-electron chi connectivity index (χ4n) is 11.9. The monoisotopic (exact) mass is 544 g/mol. The fourth-order valence-corrected chi connectivity index (χ4v) is 11.9. The molecule has 218 valence electrons. The minimum Gasteiger partial charge on any atom is -0.384 e. The van der Waals surface area contributed by atoms with Gasteiger partial charge in [-0.3, -0.25) is 9.78 Å². The molecule has 0 saturated heterocycles. The van der Waals surface area contributed by atoms with Crippen LogP contribution in [0.15, 0.2) is 17.7 Å². The average molecular weight is 545 g/mol. The molecule has 0 aromatic carbocycles. The first-order chi connectivity index (χ1) is 18.6. The predicted octanol–water partition coefficient (Wildman–Crippen LogP) is 7.07. The molecule has 5 N–H and O–H groups in total. The summed E-state index contributed by atoms with van der Waals surface area (Å²) in [6.07, 6.45) is 13.7. The molecular weight excluding hydrogens is 492 g/mol. The van der Waals surface area contributed by atoms with Crippen molar-refractivity contribution in [2.75, 3.05) is 11.5 Å². The Morgan fingerprint density at radius 3 is 2.38 bits per heavy atom. The molecule has 40 heavy (non-hydrogen) atoms. The lowest BCUT2D eigenvalue weighted by molar-refractivity contribution is -0.154. The van der Waals surface area contributed by atoms with Crippen LogP contribution in [0.5, 0.6) is 0 Å². The maximum absolute atomic E-state index is 6.53. The number of aromatic amines is 1. The van der Waals surface area contributed by atoms with Gasteiger partial charge in [-0.05, 0) is 97.2 Å². The highest BCUT2D eigenvalue weighted by Crippen LogP contribution is 2.75. The second-order valence-electron chi connectivity index (χ2n) is 16.8. The Morgan fingerprint density at radius 2 is 1.68 bits per heavy atom. The van der Waals surface area contributed by atoms with Gasteiger partial charge in [0.25, 0.3) is 0 Å². The Morgan fingerprint density at radius 1 is 0.950 bits per heavy atom. The van der Waals surface area contributed by atoms with E-state index in [1.807, 2.05) is 11.7 Å². The van der Waals surface area contributed by atoms with Gasteiger partial charge in [0.2, 0.25) is 0 Å². The van der Waals surface area contributed by atoms with Crippen molar-refractivity contribution in [2.24, 2.45) is 46.5 Å². The van der Waals surface area contributed by atoms with E-state index in [0.29, 0.717) is 23.2 Å². The molecule has 6 nitrogen and oxygen atoms in total. The topological polar surface area (TPSA) is 98.5 Å². The van der Waals surface area contributed by atoms with Gasteiger partial charge in [-0.2, -0.15) is 10.2 Å². The molecule has 7 atom stereocenters. The Balaban J connectivity index is 1.35. The summed E-state index contributed by atoms with van der Waals surface area (Å²) in [5, 5.41) is 13.0. The summed E-state index contributed by atoms with van der Waals surface area (Å²) >= 11 is 0. The van der Waals surface area contributed by atoms with Crippen LogP contribution in [-0.2, 0) is 24.3 Å². The highest BCUT2D eigenvalue weighted by Gasteiger charge is 2.68. The van der Waals surface area contributed by atoms with Crippen molar-refractivity contribution in [3.63, 3.8) is 0 Å². The Labute approximate surface area is 241 Å². The standard InChI is InChI=1S/C34H52N6/c1-29(2)13-15-34(25-17-26(35)40(8)39-25)16-14-32(6)21(22(34)19-29)9-10-24-31(5)18-20-27(37-38-28(20)36)30(3,4)23(31)11-12-33(24,32)7/h9,17,22-24H,10-16,18-19,35H2,1-8H3,(H3,36,37,38)/t22-,23-,24?,31-,32+,33+,34-/m0/s1. The first kappa shape index (κ1) is 26.6. The SMILES string of the molecule is Cn1nc([C@]23CCC(C)(C)C[C@H]2C2=CCC4[C@@]5(C)Cc6c(n[nH]c6N)C(C)(C)[C@@H]5CC[C@@]4(C)[C@]2(C)CC3)cc1N. The number of anilines is 2. The number of nitrogens with one attached hydrogen (secondary N) is 1. The van der Waals surface area contributed by atoms with Gasteiger partial charge in [0, 0.05) is 29.5 Å². The minimum atomic E-state index is 0.0245. The van der Waals surface area contributed by atoms with E-state index < -0.39 is 0 Å². The molecule has 0 spiro atoms. The van der Waals surface area contributed by atoms with E-state index >= 15 is 0 Å². The van der Waals surface area contributed by atoms with Gasteiger partial charge in [0.15, 0.2) is 0 Å². The number of nitrogen functional groups attached to an aromatic ring is 2. The second-order valence-corrected chi connectivity index (χ2v) is 16.8. The number of nitrogens with zero attached hydrogens (tertiary/aromatic N) is 3. The number of hydrogen-bond donors (Lipinski definition) is 3. The van der Waals surface area contributed by atoms with Crippen molar-refractivity contribution in [1.82, 2.24) is 20.0 Å². The third-order valence-corrected chi connectivity index (χ3v) is 14.3. The second kappa shape index (κ2) is 7.77. The highest BCUT2D eigenvalue weighted by atomic mass is 15.3. The lowest BCUT2D eigenvalue weighted by Gasteiger charge is -2.70. The number of aromatic nitrogens is 4. The maximum Gasteiger partial charge on any atom is 0.122 e. The van der Waals surface area contributed by atoms with Crippen molar-refractivity contribution in [3.05, 3.63) is 34.7 Å². The van der Waals surface area contributed by atoms with Gasteiger partial charge in [-0.25, -0.2) is 0 Å². The Kier molecular flexibility index (Phi) is 5.18. The van der Waals surface area contributed by atoms with Gasteiger partial charge in [0.1, 0.15) is 11.6 Å². The number of rotatable bonds is 1. The molecule has 3 fully saturated rings. The van der Waals surface area contributed by atoms with E-state index in [0.717, 1.165) is 18.1 Å². The first-order valence-corrected chi connectivity index (χ1v) is 15.9. The van der Waals surface area contributed by atoms with Crippen LogP contribution < -0.4 is 11.5 Å². The van der Waals surface area contributed by atoms with Gasteiger partial charge in [0.05, 0.1) is 11.4 Å². The zero-order valence-corrected chi connectivity index (χ0v) is 26.2. The van der Waals surface area contributed by atoms with Crippen LogP contribution in [-0.4, -0.2) is 20.0 Å². The van der Waals surface area contributed by atoms with E-state index in [2.05, 4.69) is 65.7 Å². The fraction of sp³-hybridized carbons (Fsp3) is 0.765. The third-order valence-electron chi connectivity index (χ3n) is 14.3. The number of nitrogens with two attached hydrogens (primary N) is 2. The molecule has 2 aromatic rings. The number of H-pyrrole nitrogens is 1. The third kappa shape index (κ3) is 3.06.